The predicted molar refractivity (Wildman–Crippen MR) is 92.4 cm³/mol. The first kappa shape index (κ1) is 18.7. The highest BCUT2D eigenvalue weighted by Crippen LogP contribution is 2.18. The average molecular weight is 354 g/mol. The molecule has 1 aliphatic rings. The van der Waals surface area contributed by atoms with Crippen LogP contribution in [0.5, 0.6) is 5.75 Å². The van der Waals surface area contributed by atoms with Gasteiger partial charge in [-0.2, -0.15) is 4.72 Å². The highest BCUT2D eigenvalue weighted by molar-refractivity contribution is 7.89. The molecule has 0 aliphatic carbocycles. The van der Waals surface area contributed by atoms with Crippen molar-refractivity contribution in [3.8, 4) is 5.75 Å². The van der Waals surface area contributed by atoms with Gasteiger partial charge >= 0.3 is 0 Å². The molecule has 2 rings (SSSR count). The van der Waals surface area contributed by atoms with E-state index in [1.165, 1.54) is 12.1 Å². The fraction of sp³-hybridized carbons (Fsp3) is 0.588. The maximum absolute atomic E-state index is 12.4. The fourth-order valence-electron chi connectivity index (χ4n) is 2.71. The molecule has 1 saturated heterocycles. The van der Waals surface area contributed by atoms with Crippen LogP contribution in [0, 0.1) is 0 Å². The zero-order valence-electron chi connectivity index (χ0n) is 14.5. The van der Waals surface area contributed by atoms with E-state index in [1.54, 1.807) is 24.0 Å². The Kier molecular flexibility index (Phi) is 6.23. The molecule has 0 spiro atoms. The second kappa shape index (κ2) is 7.98. The molecule has 1 amide bonds. The first-order valence-corrected chi connectivity index (χ1v) is 9.86. The molecule has 1 fully saturated rings. The number of rotatable bonds is 6. The number of amides is 1. The van der Waals surface area contributed by atoms with Crippen LogP contribution in [-0.4, -0.2) is 44.5 Å². The topological polar surface area (TPSA) is 75.7 Å². The summed E-state index contributed by atoms with van der Waals surface area (Å²) in [5.41, 5.74) is 0. The molecule has 0 saturated carbocycles. The second-order valence-electron chi connectivity index (χ2n) is 6.37. The van der Waals surface area contributed by atoms with Crippen LogP contribution in [-0.2, 0) is 14.8 Å². The zero-order chi connectivity index (χ0) is 17.7. The van der Waals surface area contributed by atoms with Gasteiger partial charge in [-0.1, -0.05) is 0 Å². The summed E-state index contributed by atoms with van der Waals surface area (Å²) in [4.78, 5) is 14.2. The lowest BCUT2D eigenvalue weighted by Crippen LogP contribution is -2.48. The lowest BCUT2D eigenvalue weighted by molar-refractivity contribution is -0.133. The lowest BCUT2D eigenvalue weighted by Gasteiger charge is -2.29. The number of nitrogens with one attached hydrogen (secondary N) is 1. The Morgan fingerprint density at radius 3 is 2.21 bits per heavy atom. The van der Waals surface area contributed by atoms with E-state index in [0.717, 1.165) is 19.3 Å². The van der Waals surface area contributed by atoms with Crippen LogP contribution >= 0.6 is 0 Å². The molecule has 0 unspecified atom stereocenters. The molecular weight excluding hydrogens is 328 g/mol. The smallest absolute Gasteiger partial charge is 0.241 e. The Morgan fingerprint density at radius 1 is 1.08 bits per heavy atom. The summed E-state index contributed by atoms with van der Waals surface area (Å²) >= 11 is 0. The predicted octanol–water partition coefficient (Wildman–Crippen LogP) is 2.15. The van der Waals surface area contributed by atoms with Gasteiger partial charge in [-0.05, 0) is 64.3 Å². The number of nitrogens with zero attached hydrogens (tertiary/aromatic N) is 1. The number of sulfonamides is 1. The third-order valence-electron chi connectivity index (χ3n) is 3.88. The van der Waals surface area contributed by atoms with Crippen molar-refractivity contribution in [3.05, 3.63) is 24.3 Å². The van der Waals surface area contributed by atoms with Crippen LogP contribution in [0.1, 0.15) is 40.0 Å². The van der Waals surface area contributed by atoms with E-state index in [2.05, 4.69) is 4.72 Å². The van der Waals surface area contributed by atoms with E-state index in [1.807, 2.05) is 13.8 Å². The Labute approximate surface area is 144 Å². The van der Waals surface area contributed by atoms with E-state index < -0.39 is 16.1 Å². The Balaban J connectivity index is 2.02. The summed E-state index contributed by atoms with van der Waals surface area (Å²) in [6, 6.07) is 5.42. The van der Waals surface area contributed by atoms with Gasteiger partial charge in [0, 0.05) is 13.1 Å². The van der Waals surface area contributed by atoms with Crippen LogP contribution in [0.2, 0.25) is 0 Å². The van der Waals surface area contributed by atoms with Gasteiger partial charge < -0.3 is 9.64 Å². The third-order valence-corrected chi connectivity index (χ3v) is 5.43. The second-order valence-corrected chi connectivity index (χ2v) is 8.08. The molecule has 1 aliphatic heterocycles. The summed E-state index contributed by atoms with van der Waals surface area (Å²) in [6.45, 7) is 6.79. The minimum Gasteiger partial charge on any atom is -0.491 e. The number of piperidine rings is 1. The van der Waals surface area contributed by atoms with Crippen LogP contribution < -0.4 is 9.46 Å². The Hall–Kier alpha value is -1.60. The van der Waals surface area contributed by atoms with Crippen LogP contribution in [0.4, 0.5) is 0 Å². The van der Waals surface area contributed by atoms with Crippen molar-refractivity contribution in [2.75, 3.05) is 13.1 Å². The number of likely N-dealkylation sites (tertiary alicyclic amines) is 1. The van der Waals surface area contributed by atoms with Gasteiger partial charge in [0.15, 0.2) is 0 Å². The van der Waals surface area contributed by atoms with Gasteiger partial charge in [0.05, 0.1) is 17.0 Å². The van der Waals surface area contributed by atoms with Crippen molar-refractivity contribution in [2.24, 2.45) is 0 Å². The highest BCUT2D eigenvalue weighted by Gasteiger charge is 2.26. The molecule has 7 heteroatoms. The summed E-state index contributed by atoms with van der Waals surface area (Å²) < 4.78 is 32.9. The van der Waals surface area contributed by atoms with Crippen molar-refractivity contribution >= 4 is 15.9 Å². The molecule has 0 aromatic heterocycles. The van der Waals surface area contributed by atoms with E-state index in [-0.39, 0.29) is 16.9 Å². The van der Waals surface area contributed by atoms with Crippen molar-refractivity contribution in [2.45, 2.75) is 57.1 Å². The molecule has 1 N–H and O–H groups in total. The standard InChI is InChI=1S/C17H26N2O4S/c1-13(2)23-15-7-9-16(10-8-15)24(21,22)18-14(3)17(20)19-11-5-4-6-12-19/h7-10,13-14,18H,4-6,11-12H2,1-3H3/t14-/m0/s1. The van der Waals surface area contributed by atoms with Gasteiger partial charge in [0.25, 0.3) is 0 Å². The molecule has 1 atom stereocenters. The van der Waals surface area contributed by atoms with Crippen molar-refractivity contribution in [3.63, 3.8) is 0 Å². The quantitative estimate of drug-likeness (QED) is 0.849. The van der Waals surface area contributed by atoms with Crippen molar-refractivity contribution < 1.29 is 17.9 Å². The van der Waals surface area contributed by atoms with Crippen LogP contribution in [0.25, 0.3) is 0 Å². The molecule has 0 radical (unpaired) electrons. The van der Waals surface area contributed by atoms with Gasteiger partial charge in [0.2, 0.25) is 15.9 Å². The average Bonchev–Trinajstić information content (AvgIpc) is 2.54. The zero-order valence-corrected chi connectivity index (χ0v) is 15.3. The number of ether oxygens (including phenoxy) is 1. The molecule has 0 bridgehead atoms. The van der Waals surface area contributed by atoms with Gasteiger partial charge in [0.1, 0.15) is 5.75 Å². The lowest BCUT2D eigenvalue weighted by atomic mass is 10.1. The Bertz CT molecular complexity index is 650. The molecule has 1 aromatic carbocycles. The van der Waals surface area contributed by atoms with E-state index >= 15 is 0 Å². The van der Waals surface area contributed by atoms with E-state index in [0.29, 0.717) is 18.8 Å². The summed E-state index contributed by atoms with van der Waals surface area (Å²) in [5, 5.41) is 0. The van der Waals surface area contributed by atoms with Crippen LogP contribution in [0.15, 0.2) is 29.2 Å². The Morgan fingerprint density at radius 2 is 1.67 bits per heavy atom. The number of carbonyl (C=O) groups is 1. The van der Waals surface area contributed by atoms with Gasteiger partial charge in [-0.25, -0.2) is 8.42 Å². The SMILES string of the molecule is CC(C)Oc1ccc(S(=O)(=O)N[C@@H](C)C(=O)N2CCCCC2)cc1. The van der Waals surface area contributed by atoms with Crippen molar-refractivity contribution in [1.29, 1.82) is 0 Å². The minimum atomic E-state index is -3.74. The fourth-order valence-corrected chi connectivity index (χ4v) is 3.91. The number of hydrogen-bond acceptors (Lipinski definition) is 4. The van der Waals surface area contributed by atoms with Crippen LogP contribution in [0.3, 0.4) is 0 Å². The van der Waals surface area contributed by atoms with Crippen molar-refractivity contribution in [1.82, 2.24) is 9.62 Å². The first-order valence-electron chi connectivity index (χ1n) is 8.37. The highest BCUT2D eigenvalue weighted by atomic mass is 32.2. The molecular formula is C17H26N2O4S. The molecule has 6 nitrogen and oxygen atoms in total. The molecule has 24 heavy (non-hydrogen) atoms. The molecule has 134 valence electrons. The summed E-state index contributed by atoms with van der Waals surface area (Å²) in [5.74, 6) is 0.444. The summed E-state index contributed by atoms with van der Waals surface area (Å²) in [7, 11) is -3.74. The maximum Gasteiger partial charge on any atom is 0.241 e. The number of hydrogen-bond donors (Lipinski definition) is 1. The minimum absolute atomic E-state index is 0.0211. The largest absolute Gasteiger partial charge is 0.491 e. The molecule has 1 heterocycles. The van der Waals surface area contributed by atoms with Gasteiger partial charge in [-0.3, -0.25) is 4.79 Å². The first-order chi connectivity index (χ1) is 11.3. The van der Waals surface area contributed by atoms with Gasteiger partial charge in [-0.15, -0.1) is 0 Å². The maximum atomic E-state index is 12.4. The third kappa shape index (κ3) is 4.95. The van der Waals surface area contributed by atoms with E-state index in [9.17, 15) is 13.2 Å². The number of benzene rings is 1. The summed E-state index contributed by atoms with van der Waals surface area (Å²) in [6.07, 6.45) is 3.09. The number of carbonyl (C=O) groups excluding carboxylic acids is 1. The van der Waals surface area contributed by atoms with E-state index in [4.69, 9.17) is 4.74 Å². The molecule has 1 aromatic rings. The monoisotopic (exact) mass is 354 g/mol. The normalized spacial score (nSPS) is 16.9.